The summed E-state index contributed by atoms with van der Waals surface area (Å²) in [4.78, 5) is 32.5. The molecule has 1 aliphatic heterocycles. The molecule has 0 unspecified atom stereocenters. The van der Waals surface area contributed by atoms with E-state index in [4.69, 9.17) is 0 Å². The van der Waals surface area contributed by atoms with Crippen LogP contribution in [0.1, 0.15) is 17.4 Å². The molecule has 9 nitrogen and oxygen atoms in total. The van der Waals surface area contributed by atoms with Crippen LogP contribution in [-0.4, -0.2) is 65.3 Å². The highest BCUT2D eigenvalue weighted by atomic mass is 32.1. The molecule has 4 rings (SSSR count). The van der Waals surface area contributed by atoms with Gasteiger partial charge in [0.15, 0.2) is 5.13 Å². The third kappa shape index (κ3) is 5.79. The minimum absolute atomic E-state index is 0.198. The number of methoxy groups -OCH3 is 1. The monoisotopic (exact) mass is 496 g/mol. The van der Waals surface area contributed by atoms with Crippen molar-refractivity contribution >= 4 is 28.3 Å². The highest BCUT2D eigenvalue weighted by Crippen LogP contribution is 2.21. The average molecular weight is 497 g/mol. The molecule has 3 aromatic rings. The lowest BCUT2D eigenvalue weighted by Gasteiger charge is -2.32. The number of hydrogen-bond donors (Lipinski definition) is 2. The number of para-hydroxylation sites is 2. The van der Waals surface area contributed by atoms with E-state index in [1.165, 1.54) is 15.9 Å². The topological polar surface area (TPSA) is 93.4 Å². The van der Waals surface area contributed by atoms with Gasteiger partial charge in [-0.05, 0) is 25.1 Å². The molecule has 186 valence electrons. The highest BCUT2D eigenvalue weighted by molar-refractivity contribution is 7.12. The van der Waals surface area contributed by atoms with Crippen LogP contribution in [-0.2, 0) is 11.8 Å². The molecule has 10 heteroatoms. The van der Waals surface area contributed by atoms with Crippen LogP contribution < -0.4 is 16.3 Å². The van der Waals surface area contributed by atoms with E-state index in [1.54, 1.807) is 37.3 Å². The third-order valence-corrected chi connectivity index (χ3v) is 6.25. The first-order valence-electron chi connectivity index (χ1n) is 11.3. The minimum atomic E-state index is -0.320. The molecule has 0 saturated carbocycles. The van der Waals surface area contributed by atoms with E-state index in [9.17, 15) is 9.59 Å². The van der Waals surface area contributed by atoms with Gasteiger partial charge < -0.3 is 20.3 Å². The van der Waals surface area contributed by atoms with E-state index in [2.05, 4.69) is 31.8 Å². The summed E-state index contributed by atoms with van der Waals surface area (Å²) in [5.74, 6) is -0.320. The van der Waals surface area contributed by atoms with Crippen molar-refractivity contribution in [2.45, 2.75) is 6.92 Å². The van der Waals surface area contributed by atoms with E-state index >= 15 is 0 Å². The third-order valence-electron chi connectivity index (χ3n) is 5.42. The van der Waals surface area contributed by atoms with Gasteiger partial charge in [-0.15, -0.1) is 11.3 Å². The van der Waals surface area contributed by atoms with E-state index in [-0.39, 0.29) is 17.3 Å². The lowest BCUT2D eigenvalue weighted by Crippen LogP contribution is -2.44. The molecule has 2 N–H and O–H groups in total. The van der Waals surface area contributed by atoms with Crippen LogP contribution in [0.4, 0.5) is 0 Å². The van der Waals surface area contributed by atoms with Crippen LogP contribution in [0.25, 0.3) is 16.2 Å². The van der Waals surface area contributed by atoms with Crippen molar-refractivity contribution in [1.29, 1.82) is 0 Å². The standard InChI is InChI=1S/C23H26N6O2S.C2H6O/c1-4-8-18(28-13-11-24-12-14-28)16(5-2)25-21(30)17-15-32-22(26-17)29-20-10-7-6-9-19(20)27(3)23(29)31;1-3-2/h4-10,15,24H,1,11-14H2,2-3H3,(H,25,30);1-2H3/b16-5+,18-8+;. The Bertz CT molecular complexity index is 1290. The first-order chi connectivity index (χ1) is 17.0. The molecule has 35 heavy (non-hydrogen) atoms. The van der Waals surface area contributed by atoms with Crippen molar-refractivity contribution in [3.05, 3.63) is 82.0 Å². The molecule has 0 bridgehead atoms. The Kier molecular flexibility index (Phi) is 9.18. The van der Waals surface area contributed by atoms with Crippen molar-refractivity contribution in [2.75, 3.05) is 40.4 Å². The summed E-state index contributed by atoms with van der Waals surface area (Å²) in [6.45, 7) is 9.16. The molecule has 1 aromatic carbocycles. The number of piperazine rings is 1. The van der Waals surface area contributed by atoms with Crippen molar-refractivity contribution in [3.63, 3.8) is 0 Å². The molecular weight excluding hydrogens is 464 g/mol. The van der Waals surface area contributed by atoms with Gasteiger partial charge >= 0.3 is 5.69 Å². The van der Waals surface area contributed by atoms with Crippen molar-refractivity contribution in [2.24, 2.45) is 7.05 Å². The van der Waals surface area contributed by atoms with Crippen molar-refractivity contribution < 1.29 is 9.53 Å². The fourth-order valence-electron chi connectivity index (χ4n) is 3.80. The second-order valence-electron chi connectivity index (χ2n) is 7.77. The summed E-state index contributed by atoms with van der Waals surface area (Å²) in [5, 5.41) is 8.45. The van der Waals surface area contributed by atoms with Gasteiger partial charge in [0.1, 0.15) is 5.69 Å². The number of nitrogens with one attached hydrogen (secondary N) is 2. The van der Waals surface area contributed by atoms with E-state index in [1.807, 2.05) is 43.3 Å². The number of allylic oxidation sites excluding steroid dienone is 3. The van der Waals surface area contributed by atoms with Gasteiger partial charge in [0.25, 0.3) is 5.91 Å². The number of fused-ring (bicyclic) bond motifs is 1. The van der Waals surface area contributed by atoms with Gasteiger partial charge in [-0.3, -0.25) is 9.36 Å². The molecule has 0 aliphatic carbocycles. The molecule has 1 aliphatic rings. The smallest absolute Gasteiger partial charge is 0.335 e. The van der Waals surface area contributed by atoms with Gasteiger partial charge in [0.2, 0.25) is 0 Å². The largest absolute Gasteiger partial charge is 0.388 e. The maximum Gasteiger partial charge on any atom is 0.335 e. The second-order valence-corrected chi connectivity index (χ2v) is 8.61. The second kappa shape index (κ2) is 12.3. The van der Waals surface area contributed by atoms with Gasteiger partial charge in [-0.2, -0.15) is 0 Å². The minimum Gasteiger partial charge on any atom is -0.388 e. The summed E-state index contributed by atoms with van der Waals surface area (Å²) >= 11 is 1.26. The Labute approximate surface area is 209 Å². The fourth-order valence-corrected chi connectivity index (χ4v) is 4.61. The van der Waals surface area contributed by atoms with Crippen LogP contribution >= 0.6 is 11.3 Å². The van der Waals surface area contributed by atoms with E-state index < -0.39 is 0 Å². The number of carbonyl (C=O) groups excluding carboxylic acids is 1. The van der Waals surface area contributed by atoms with E-state index in [0.29, 0.717) is 10.8 Å². The number of aryl methyl sites for hydroxylation is 1. The van der Waals surface area contributed by atoms with Gasteiger partial charge in [-0.25, -0.2) is 14.3 Å². The van der Waals surface area contributed by atoms with Gasteiger partial charge in [-0.1, -0.05) is 30.9 Å². The van der Waals surface area contributed by atoms with Crippen LogP contribution in [0.3, 0.4) is 0 Å². The Hall–Kier alpha value is -3.47. The summed E-state index contributed by atoms with van der Waals surface area (Å²) in [5.41, 5.74) is 3.25. The summed E-state index contributed by atoms with van der Waals surface area (Å²) < 4.78 is 7.37. The maximum absolute atomic E-state index is 13.0. The Balaban J connectivity index is 0.00000108. The van der Waals surface area contributed by atoms with E-state index in [0.717, 1.165) is 42.9 Å². The Morgan fingerprint density at radius 3 is 2.51 bits per heavy atom. The number of thiazole rings is 1. The number of rotatable bonds is 6. The fraction of sp³-hybridized carbons (Fsp3) is 0.320. The Morgan fingerprint density at radius 1 is 1.23 bits per heavy atom. The van der Waals surface area contributed by atoms with Crippen molar-refractivity contribution in [1.82, 2.24) is 29.7 Å². The lowest BCUT2D eigenvalue weighted by molar-refractivity contribution is 0.0960. The summed E-state index contributed by atoms with van der Waals surface area (Å²) in [6, 6.07) is 7.52. The summed E-state index contributed by atoms with van der Waals surface area (Å²) in [6.07, 6.45) is 5.50. The molecule has 1 amide bonds. The molecule has 1 fully saturated rings. The lowest BCUT2D eigenvalue weighted by atomic mass is 10.2. The first-order valence-corrected chi connectivity index (χ1v) is 12.1. The average Bonchev–Trinajstić information content (AvgIpc) is 3.45. The number of hydrogen-bond acceptors (Lipinski definition) is 7. The zero-order chi connectivity index (χ0) is 25.4. The van der Waals surface area contributed by atoms with Crippen LogP contribution in [0.2, 0.25) is 0 Å². The van der Waals surface area contributed by atoms with Gasteiger partial charge in [0.05, 0.1) is 22.4 Å². The molecule has 2 aromatic heterocycles. The summed E-state index contributed by atoms with van der Waals surface area (Å²) in [7, 11) is 4.98. The molecule has 0 spiro atoms. The number of benzene rings is 1. The molecular formula is C25H32N6O3S. The molecule has 0 radical (unpaired) electrons. The van der Waals surface area contributed by atoms with Crippen LogP contribution in [0.5, 0.6) is 0 Å². The molecule has 3 heterocycles. The zero-order valence-corrected chi connectivity index (χ0v) is 21.4. The number of ether oxygens (including phenoxy) is 1. The number of nitrogens with zero attached hydrogens (tertiary/aromatic N) is 4. The van der Waals surface area contributed by atoms with Crippen LogP contribution in [0.15, 0.2) is 70.6 Å². The predicted molar refractivity (Wildman–Crippen MR) is 141 cm³/mol. The van der Waals surface area contributed by atoms with Crippen molar-refractivity contribution in [3.8, 4) is 5.13 Å². The maximum atomic E-state index is 13.0. The highest BCUT2D eigenvalue weighted by Gasteiger charge is 2.21. The number of imidazole rings is 1. The number of aromatic nitrogens is 3. The quantitative estimate of drug-likeness (QED) is 0.510. The SMILES string of the molecule is C=C/C=C(\C(=C/C)NC(=O)c1csc(-n2c(=O)n(C)c3ccccc32)n1)N1CCNCC1.COC. The predicted octanol–water partition coefficient (Wildman–Crippen LogP) is 2.66. The first kappa shape index (κ1) is 26.1. The zero-order valence-electron chi connectivity index (χ0n) is 20.6. The Morgan fingerprint density at radius 2 is 1.89 bits per heavy atom. The van der Waals surface area contributed by atoms with Crippen LogP contribution in [0, 0.1) is 0 Å². The van der Waals surface area contributed by atoms with Gasteiger partial charge in [0, 0.05) is 52.8 Å². The number of carbonyl (C=O) groups is 1. The molecule has 0 atom stereocenters. The normalized spacial score (nSPS) is 14.5. The molecule has 1 saturated heterocycles. The number of amides is 1.